The highest BCUT2D eigenvalue weighted by Gasteiger charge is 2.46. The Morgan fingerprint density at radius 1 is 1.65 bits per heavy atom. The summed E-state index contributed by atoms with van der Waals surface area (Å²) < 4.78 is 0. The summed E-state index contributed by atoms with van der Waals surface area (Å²) in [6, 6.07) is 2.15. The van der Waals surface area contributed by atoms with E-state index in [4.69, 9.17) is 5.26 Å². The third-order valence-electron chi connectivity index (χ3n) is 3.20. The Bertz CT molecular complexity index is 468. The SMILES string of the molecule is Cc1nc(CN(C)C(=O)C2(C#N)CCC2)n[nH]1. The van der Waals surface area contributed by atoms with Gasteiger partial charge in [-0.25, -0.2) is 4.98 Å². The summed E-state index contributed by atoms with van der Waals surface area (Å²) in [4.78, 5) is 17.8. The van der Waals surface area contributed by atoms with Crippen LogP contribution in [-0.2, 0) is 11.3 Å². The van der Waals surface area contributed by atoms with Crippen molar-refractivity contribution in [2.45, 2.75) is 32.7 Å². The number of amides is 1. The van der Waals surface area contributed by atoms with Crippen LogP contribution in [0.5, 0.6) is 0 Å². The number of hydrogen-bond donors (Lipinski definition) is 1. The fourth-order valence-electron chi connectivity index (χ4n) is 2.01. The molecule has 0 aliphatic heterocycles. The average molecular weight is 233 g/mol. The quantitative estimate of drug-likeness (QED) is 0.835. The van der Waals surface area contributed by atoms with Crippen LogP contribution in [0.1, 0.15) is 30.9 Å². The molecule has 1 aliphatic rings. The van der Waals surface area contributed by atoms with Gasteiger partial charge in [0.15, 0.2) is 5.82 Å². The molecule has 0 unspecified atom stereocenters. The van der Waals surface area contributed by atoms with Crippen LogP contribution < -0.4 is 0 Å². The topological polar surface area (TPSA) is 85.7 Å². The van der Waals surface area contributed by atoms with Crippen LogP contribution in [0, 0.1) is 23.7 Å². The van der Waals surface area contributed by atoms with Gasteiger partial charge in [0.05, 0.1) is 12.6 Å². The normalized spacial score (nSPS) is 17.0. The van der Waals surface area contributed by atoms with Gasteiger partial charge < -0.3 is 4.90 Å². The molecule has 6 nitrogen and oxygen atoms in total. The maximum atomic E-state index is 12.1. The molecule has 1 heterocycles. The van der Waals surface area contributed by atoms with Crippen LogP contribution in [0.4, 0.5) is 0 Å². The van der Waals surface area contributed by atoms with Gasteiger partial charge in [-0.3, -0.25) is 9.89 Å². The molecular weight excluding hydrogens is 218 g/mol. The molecule has 1 fully saturated rings. The maximum absolute atomic E-state index is 12.1. The van der Waals surface area contributed by atoms with Crippen LogP contribution in [0.25, 0.3) is 0 Å². The summed E-state index contributed by atoms with van der Waals surface area (Å²) >= 11 is 0. The Morgan fingerprint density at radius 3 is 2.76 bits per heavy atom. The standard InChI is InChI=1S/C11H15N5O/c1-8-13-9(15-14-8)6-16(2)10(17)11(7-12)4-3-5-11/h3-6H2,1-2H3,(H,13,14,15). The zero-order chi connectivity index (χ0) is 12.5. The highest BCUT2D eigenvalue weighted by atomic mass is 16.2. The van der Waals surface area contributed by atoms with Crippen molar-refractivity contribution in [3.8, 4) is 6.07 Å². The van der Waals surface area contributed by atoms with Crippen molar-refractivity contribution >= 4 is 5.91 Å². The summed E-state index contributed by atoms with van der Waals surface area (Å²) in [6.45, 7) is 2.15. The molecule has 0 bridgehead atoms. The van der Waals surface area contributed by atoms with Crippen molar-refractivity contribution in [2.24, 2.45) is 5.41 Å². The minimum Gasteiger partial charge on any atom is -0.337 e. The van der Waals surface area contributed by atoms with E-state index in [2.05, 4.69) is 21.3 Å². The first-order valence-corrected chi connectivity index (χ1v) is 5.62. The van der Waals surface area contributed by atoms with Crippen LogP contribution in [0.3, 0.4) is 0 Å². The lowest BCUT2D eigenvalue weighted by Gasteiger charge is -2.36. The zero-order valence-corrected chi connectivity index (χ0v) is 10.0. The molecule has 2 rings (SSSR count). The van der Waals surface area contributed by atoms with E-state index in [1.54, 1.807) is 14.0 Å². The van der Waals surface area contributed by atoms with Gasteiger partial charge in [0.1, 0.15) is 11.2 Å². The first kappa shape index (κ1) is 11.6. The molecule has 1 N–H and O–H groups in total. The number of carbonyl (C=O) groups excluding carboxylic acids is 1. The molecule has 0 aromatic carbocycles. The molecule has 1 aromatic heterocycles. The number of aryl methyl sites for hydroxylation is 1. The molecule has 1 saturated carbocycles. The van der Waals surface area contributed by atoms with Crippen molar-refractivity contribution in [3.05, 3.63) is 11.6 Å². The third kappa shape index (κ3) is 2.00. The van der Waals surface area contributed by atoms with E-state index in [0.29, 0.717) is 25.2 Å². The Labute approximate surface area is 99.6 Å². The Balaban J connectivity index is 2.03. The van der Waals surface area contributed by atoms with E-state index < -0.39 is 5.41 Å². The fraction of sp³-hybridized carbons (Fsp3) is 0.636. The minimum atomic E-state index is -0.792. The number of carbonyl (C=O) groups is 1. The summed E-state index contributed by atoms with van der Waals surface area (Å²) in [5.74, 6) is 1.18. The molecule has 1 amide bonds. The van der Waals surface area contributed by atoms with Crippen molar-refractivity contribution < 1.29 is 4.79 Å². The van der Waals surface area contributed by atoms with Crippen LogP contribution >= 0.6 is 0 Å². The molecule has 17 heavy (non-hydrogen) atoms. The van der Waals surface area contributed by atoms with E-state index in [0.717, 1.165) is 12.2 Å². The number of nitrogens with one attached hydrogen (secondary N) is 1. The Kier molecular flexibility index (Phi) is 2.84. The van der Waals surface area contributed by atoms with Gasteiger partial charge in [0, 0.05) is 7.05 Å². The summed E-state index contributed by atoms with van der Waals surface area (Å²) in [7, 11) is 1.69. The molecule has 1 aromatic rings. The zero-order valence-electron chi connectivity index (χ0n) is 10.0. The maximum Gasteiger partial charge on any atom is 0.243 e. The number of H-pyrrole nitrogens is 1. The average Bonchev–Trinajstić information content (AvgIpc) is 2.63. The van der Waals surface area contributed by atoms with Crippen LogP contribution in [0.2, 0.25) is 0 Å². The predicted octanol–water partition coefficient (Wildman–Crippen LogP) is 0.765. The van der Waals surface area contributed by atoms with E-state index in [1.807, 2.05) is 0 Å². The summed E-state index contributed by atoms with van der Waals surface area (Å²) in [5, 5.41) is 15.8. The number of aromatic nitrogens is 3. The van der Waals surface area contributed by atoms with Gasteiger partial charge in [-0.2, -0.15) is 10.4 Å². The monoisotopic (exact) mass is 233 g/mol. The minimum absolute atomic E-state index is 0.117. The smallest absolute Gasteiger partial charge is 0.243 e. The van der Waals surface area contributed by atoms with Gasteiger partial charge in [-0.15, -0.1) is 0 Å². The molecule has 0 spiro atoms. The van der Waals surface area contributed by atoms with Crippen LogP contribution in [0.15, 0.2) is 0 Å². The van der Waals surface area contributed by atoms with Crippen molar-refractivity contribution in [1.82, 2.24) is 20.1 Å². The summed E-state index contributed by atoms with van der Waals surface area (Å²) in [5.41, 5.74) is -0.792. The van der Waals surface area contributed by atoms with E-state index in [-0.39, 0.29) is 5.91 Å². The second-order valence-corrected chi connectivity index (χ2v) is 4.55. The number of rotatable bonds is 3. The first-order valence-electron chi connectivity index (χ1n) is 5.62. The largest absolute Gasteiger partial charge is 0.337 e. The molecule has 6 heteroatoms. The van der Waals surface area contributed by atoms with E-state index in [1.165, 1.54) is 4.90 Å². The predicted molar refractivity (Wildman–Crippen MR) is 59.5 cm³/mol. The molecule has 1 aliphatic carbocycles. The Morgan fingerprint density at radius 2 is 2.35 bits per heavy atom. The number of aromatic amines is 1. The van der Waals surface area contributed by atoms with Gasteiger partial charge in [-0.05, 0) is 26.2 Å². The van der Waals surface area contributed by atoms with E-state index in [9.17, 15) is 4.79 Å². The van der Waals surface area contributed by atoms with Gasteiger partial charge in [-0.1, -0.05) is 0 Å². The van der Waals surface area contributed by atoms with Gasteiger partial charge in [0.2, 0.25) is 5.91 Å². The first-order chi connectivity index (χ1) is 8.07. The lowest BCUT2D eigenvalue weighted by molar-refractivity contribution is -0.142. The van der Waals surface area contributed by atoms with Gasteiger partial charge in [0.25, 0.3) is 0 Å². The molecule has 0 radical (unpaired) electrons. The van der Waals surface area contributed by atoms with Crippen molar-refractivity contribution in [1.29, 1.82) is 5.26 Å². The van der Waals surface area contributed by atoms with Crippen LogP contribution in [-0.4, -0.2) is 33.0 Å². The highest BCUT2D eigenvalue weighted by molar-refractivity contribution is 5.86. The van der Waals surface area contributed by atoms with Crippen molar-refractivity contribution in [3.63, 3.8) is 0 Å². The molecule has 0 saturated heterocycles. The molecule has 0 atom stereocenters. The highest BCUT2D eigenvalue weighted by Crippen LogP contribution is 2.41. The van der Waals surface area contributed by atoms with Crippen molar-refractivity contribution in [2.75, 3.05) is 7.05 Å². The van der Waals surface area contributed by atoms with Gasteiger partial charge >= 0.3 is 0 Å². The molecule has 90 valence electrons. The Hall–Kier alpha value is -1.90. The van der Waals surface area contributed by atoms with E-state index >= 15 is 0 Å². The summed E-state index contributed by atoms with van der Waals surface area (Å²) in [6.07, 6.45) is 2.28. The molecular formula is C11H15N5O. The fourth-order valence-corrected chi connectivity index (χ4v) is 2.01. The second-order valence-electron chi connectivity index (χ2n) is 4.55. The second kappa shape index (κ2) is 4.17. The number of nitriles is 1. The number of hydrogen-bond acceptors (Lipinski definition) is 4. The lowest BCUT2D eigenvalue weighted by Crippen LogP contribution is -2.45. The number of nitrogens with zero attached hydrogens (tertiary/aromatic N) is 4. The lowest BCUT2D eigenvalue weighted by atomic mass is 9.69. The third-order valence-corrected chi connectivity index (χ3v) is 3.20.